The van der Waals surface area contributed by atoms with Crippen LogP contribution < -0.4 is 5.32 Å². The third-order valence-electron chi connectivity index (χ3n) is 3.43. The minimum Gasteiger partial charge on any atom is -0.344 e. The largest absolute Gasteiger partial charge is 0.344 e. The second-order valence-electron chi connectivity index (χ2n) is 4.66. The highest BCUT2D eigenvalue weighted by Crippen LogP contribution is 2.14. The van der Waals surface area contributed by atoms with Gasteiger partial charge in [0.25, 0.3) is 0 Å². The minimum absolute atomic E-state index is 0.919. The molecule has 0 amide bonds. The van der Waals surface area contributed by atoms with Gasteiger partial charge in [0.05, 0.1) is 12.6 Å². The van der Waals surface area contributed by atoms with Crippen LogP contribution in [-0.2, 0) is 6.42 Å². The Balaban J connectivity index is 1.66. The lowest BCUT2D eigenvalue weighted by Crippen LogP contribution is -2.90. The fraction of sp³-hybridized carbons (Fsp3) is 0.571. The highest BCUT2D eigenvalue weighted by Gasteiger charge is 2.14. The first-order valence-electron chi connectivity index (χ1n) is 6.32. The molecule has 1 saturated carbocycles. The first-order valence-corrected chi connectivity index (χ1v) is 6.32. The summed E-state index contributed by atoms with van der Waals surface area (Å²) in [5, 5.41) is 2.56. The van der Waals surface area contributed by atoms with Crippen LogP contribution >= 0.6 is 0 Å². The lowest BCUT2D eigenvalue weighted by atomic mass is 9.95. The molecular formula is C14H22N+. The van der Waals surface area contributed by atoms with Crippen molar-refractivity contribution in [1.29, 1.82) is 0 Å². The molecule has 1 nitrogen and oxygen atoms in total. The van der Waals surface area contributed by atoms with Gasteiger partial charge in [0.15, 0.2) is 0 Å². The van der Waals surface area contributed by atoms with Gasteiger partial charge in [0, 0.05) is 6.42 Å². The fourth-order valence-corrected chi connectivity index (χ4v) is 2.50. The summed E-state index contributed by atoms with van der Waals surface area (Å²) >= 11 is 0. The number of benzene rings is 1. The van der Waals surface area contributed by atoms with Gasteiger partial charge in [0.2, 0.25) is 0 Å². The average molecular weight is 204 g/mol. The van der Waals surface area contributed by atoms with E-state index in [9.17, 15) is 0 Å². The van der Waals surface area contributed by atoms with E-state index in [1.807, 2.05) is 0 Å². The molecule has 2 N–H and O–H groups in total. The van der Waals surface area contributed by atoms with E-state index in [0.717, 1.165) is 6.04 Å². The summed E-state index contributed by atoms with van der Waals surface area (Å²) in [4.78, 5) is 0. The van der Waals surface area contributed by atoms with E-state index in [1.54, 1.807) is 0 Å². The Hall–Kier alpha value is -0.820. The normalized spacial score (nSPS) is 17.9. The van der Waals surface area contributed by atoms with Gasteiger partial charge < -0.3 is 5.32 Å². The molecule has 0 unspecified atom stereocenters. The molecule has 15 heavy (non-hydrogen) atoms. The quantitative estimate of drug-likeness (QED) is 0.773. The van der Waals surface area contributed by atoms with Crippen molar-refractivity contribution >= 4 is 0 Å². The van der Waals surface area contributed by atoms with E-state index in [0.29, 0.717) is 0 Å². The van der Waals surface area contributed by atoms with Gasteiger partial charge in [-0.3, -0.25) is 0 Å². The zero-order valence-electron chi connectivity index (χ0n) is 9.49. The van der Waals surface area contributed by atoms with E-state index in [1.165, 1.54) is 50.6 Å². The van der Waals surface area contributed by atoms with Gasteiger partial charge in [-0.15, -0.1) is 0 Å². The monoisotopic (exact) mass is 204 g/mol. The molecule has 1 fully saturated rings. The fourth-order valence-electron chi connectivity index (χ4n) is 2.50. The molecule has 0 atom stereocenters. The molecule has 1 aliphatic rings. The number of quaternary nitrogens is 1. The zero-order chi connectivity index (χ0) is 10.3. The van der Waals surface area contributed by atoms with Crippen LogP contribution in [-0.4, -0.2) is 12.6 Å². The molecule has 0 spiro atoms. The van der Waals surface area contributed by atoms with Crippen LogP contribution in [0.15, 0.2) is 30.3 Å². The lowest BCUT2D eigenvalue weighted by Gasteiger charge is -2.19. The molecule has 1 aliphatic carbocycles. The van der Waals surface area contributed by atoms with Gasteiger partial charge in [-0.05, 0) is 31.2 Å². The Morgan fingerprint density at radius 2 is 1.73 bits per heavy atom. The molecule has 1 aromatic carbocycles. The maximum Gasteiger partial charge on any atom is 0.0859 e. The van der Waals surface area contributed by atoms with E-state index in [2.05, 4.69) is 35.6 Å². The third kappa shape index (κ3) is 3.67. The molecule has 0 heterocycles. The zero-order valence-corrected chi connectivity index (χ0v) is 9.49. The average Bonchev–Trinajstić information content (AvgIpc) is 2.32. The predicted octanol–water partition coefficient (Wildman–Crippen LogP) is 2.13. The second kappa shape index (κ2) is 5.92. The SMILES string of the molecule is c1ccc(CC[NH2+]C2CCCCC2)cc1. The number of hydrogen-bond donors (Lipinski definition) is 1. The van der Waals surface area contributed by atoms with Crippen LogP contribution in [0.3, 0.4) is 0 Å². The lowest BCUT2D eigenvalue weighted by molar-refractivity contribution is -0.691. The minimum atomic E-state index is 0.919. The Labute approximate surface area is 92.9 Å². The first-order chi connectivity index (χ1) is 7.45. The summed E-state index contributed by atoms with van der Waals surface area (Å²) in [7, 11) is 0. The molecule has 2 rings (SSSR count). The second-order valence-corrected chi connectivity index (χ2v) is 4.66. The molecule has 0 bridgehead atoms. The highest BCUT2D eigenvalue weighted by atomic mass is 14.9. The summed E-state index contributed by atoms with van der Waals surface area (Å²) in [5.74, 6) is 0. The van der Waals surface area contributed by atoms with E-state index >= 15 is 0 Å². The van der Waals surface area contributed by atoms with Crippen LogP contribution in [0.5, 0.6) is 0 Å². The van der Waals surface area contributed by atoms with Crippen LogP contribution in [0.2, 0.25) is 0 Å². The van der Waals surface area contributed by atoms with Crippen LogP contribution in [0, 0.1) is 0 Å². The molecular weight excluding hydrogens is 182 g/mol. The number of rotatable bonds is 4. The van der Waals surface area contributed by atoms with Gasteiger partial charge in [-0.2, -0.15) is 0 Å². The van der Waals surface area contributed by atoms with Crippen molar-refractivity contribution in [2.24, 2.45) is 0 Å². The van der Waals surface area contributed by atoms with Crippen LogP contribution in [0.4, 0.5) is 0 Å². The molecule has 0 radical (unpaired) electrons. The Kier molecular flexibility index (Phi) is 4.22. The van der Waals surface area contributed by atoms with Crippen molar-refractivity contribution in [3.05, 3.63) is 35.9 Å². The van der Waals surface area contributed by atoms with Gasteiger partial charge in [-0.25, -0.2) is 0 Å². The molecule has 0 aromatic heterocycles. The maximum atomic E-state index is 2.56. The van der Waals surface area contributed by atoms with Gasteiger partial charge in [0.1, 0.15) is 0 Å². The number of hydrogen-bond acceptors (Lipinski definition) is 0. The molecule has 0 saturated heterocycles. The van der Waals surface area contributed by atoms with E-state index < -0.39 is 0 Å². The van der Waals surface area contributed by atoms with Gasteiger partial charge in [-0.1, -0.05) is 36.8 Å². The Morgan fingerprint density at radius 1 is 1.00 bits per heavy atom. The Bertz CT molecular complexity index is 262. The van der Waals surface area contributed by atoms with E-state index in [-0.39, 0.29) is 0 Å². The third-order valence-corrected chi connectivity index (χ3v) is 3.43. The first kappa shape index (κ1) is 10.7. The summed E-state index contributed by atoms with van der Waals surface area (Å²) in [5.41, 5.74) is 1.48. The summed E-state index contributed by atoms with van der Waals surface area (Å²) in [6, 6.07) is 11.7. The maximum absolute atomic E-state index is 2.56. The Morgan fingerprint density at radius 3 is 2.47 bits per heavy atom. The standard InChI is InChI=1S/C14H21N/c1-3-7-13(8-4-1)11-12-15-14-9-5-2-6-10-14/h1,3-4,7-8,14-15H,2,5-6,9-12H2/p+1. The predicted molar refractivity (Wildman–Crippen MR) is 63.8 cm³/mol. The highest BCUT2D eigenvalue weighted by molar-refractivity contribution is 5.14. The molecule has 1 heteroatoms. The van der Waals surface area contributed by atoms with Crippen LogP contribution in [0.1, 0.15) is 37.7 Å². The molecule has 0 aliphatic heterocycles. The topological polar surface area (TPSA) is 16.6 Å². The van der Waals surface area contributed by atoms with Crippen molar-refractivity contribution in [1.82, 2.24) is 0 Å². The smallest absolute Gasteiger partial charge is 0.0859 e. The molecule has 1 aromatic rings. The van der Waals surface area contributed by atoms with Gasteiger partial charge >= 0.3 is 0 Å². The summed E-state index contributed by atoms with van der Waals surface area (Å²) in [6.07, 6.45) is 8.46. The molecule has 82 valence electrons. The van der Waals surface area contributed by atoms with Crippen molar-refractivity contribution in [3.8, 4) is 0 Å². The van der Waals surface area contributed by atoms with Crippen molar-refractivity contribution < 1.29 is 5.32 Å². The van der Waals surface area contributed by atoms with Crippen molar-refractivity contribution in [2.75, 3.05) is 6.54 Å². The van der Waals surface area contributed by atoms with Crippen molar-refractivity contribution in [2.45, 2.75) is 44.6 Å². The number of nitrogens with two attached hydrogens (primary N) is 1. The van der Waals surface area contributed by atoms with Crippen LogP contribution in [0.25, 0.3) is 0 Å². The summed E-state index contributed by atoms with van der Waals surface area (Å²) < 4.78 is 0. The van der Waals surface area contributed by atoms with Crippen molar-refractivity contribution in [3.63, 3.8) is 0 Å². The van der Waals surface area contributed by atoms with E-state index in [4.69, 9.17) is 0 Å². The summed E-state index contributed by atoms with van der Waals surface area (Å²) in [6.45, 7) is 1.26.